The van der Waals surface area contributed by atoms with Crippen molar-refractivity contribution in [2.75, 3.05) is 5.32 Å². The smallest absolute Gasteiger partial charge is 0.228 e. The second-order valence-electron chi connectivity index (χ2n) is 3.48. The number of nitrogens with one attached hydrogen (secondary N) is 1. The molecule has 2 nitrogen and oxygen atoms in total. The molecular weight excluding hydrogens is 305 g/mol. The molecule has 0 bridgehead atoms. The summed E-state index contributed by atoms with van der Waals surface area (Å²) in [6.45, 7) is 0. The summed E-state index contributed by atoms with van der Waals surface area (Å²) in [4.78, 5) is 11.7. The number of anilines is 1. The molecule has 0 spiro atoms. The van der Waals surface area contributed by atoms with Crippen LogP contribution in [0.1, 0.15) is 5.56 Å². The maximum atomic E-state index is 13.0. The third-order valence-corrected chi connectivity index (χ3v) is 3.57. The molecule has 1 heterocycles. The normalized spacial score (nSPS) is 10.2. The lowest BCUT2D eigenvalue weighted by Gasteiger charge is -2.06. The van der Waals surface area contributed by atoms with Gasteiger partial charge in [0.1, 0.15) is 5.82 Å². The summed E-state index contributed by atoms with van der Waals surface area (Å²) in [5.41, 5.74) is 1.41. The number of hydrogen-bond acceptors (Lipinski definition) is 2. The van der Waals surface area contributed by atoms with E-state index in [-0.39, 0.29) is 11.7 Å². The first kappa shape index (κ1) is 12.3. The Morgan fingerprint density at radius 1 is 1.41 bits per heavy atom. The van der Waals surface area contributed by atoms with E-state index in [2.05, 4.69) is 21.2 Å². The van der Waals surface area contributed by atoms with Crippen LogP contribution in [0.3, 0.4) is 0 Å². The lowest BCUT2D eigenvalue weighted by atomic mass is 10.2. The van der Waals surface area contributed by atoms with Gasteiger partial charge in [-0.05, 0) is 56.5 Å². The van der Waals surface area contributed by atoms with Crippen molar-refractivity contribution in [3.05, 3.63) is 50.9 Å². The van der Waals surface area contributed by atoms with Crippen LogP contribution in [0.25, 0.3) is 0 Å². The number of rotatable bonds is 3. The minimum Gasteiger partial charge on any atom is -0.325 e. The number of hydrogen-bond donors (Lipinski definition) is 1. The number of benzene rings is 1. The van der Waals surface area contributed by atoms with Crippen molar-refractivity contribution in [1.29, 1.82) is 0 Å². The van der Waals surface area contributed by atoms with Crippen LogP contribution in [0.5, 0.6) is 0 Å². The van der Waals surface area contributed by atoms with Crippen LogP contribution in [-0.2, 0) is 11.2 Å². The van der Waals surface area contributed by atoms with Crippen molar-refractivity contribution in [1.82, 2.24) is 0 Å². The molecule has 0 fully saturated rings. The molecule has 0 saturated carbocycles. The number of thiophene rings is 1. The lowest BCUT2D eigenvalue weighted by Crippen LogP contribution is -2.14. The highest BCUT2D eigenvalue weighted by atomic mass is 79.9. The average molecular weight is 314 g/mol. The molecule has 0 aliphatic rings. The Morgan fingerprint density at radius 2 is 2.24 bits per heavy atom. The van der Waals surface area contributed by atoms with Crippen LogP contribution in [0.2, 0.25) is 0 Å². The monoisotopic (exact) mass is 313 g/mol. The van der Waals surface area contributed by atoms with Crippen LogP contribution in [0.4, 0.5) is 10.1 Å². The molecular formula is C12H9BrFNOS. The molecule has 2 rings (SSSR count). The van der Waals surface area contributed by atoms with Gasteiger partial charge in [0.05, 0.1) is 12.1 Å². The topological polar surface area (TPSA) is 29.1 Å². The van der Waals surface area contributed by atoms with Crippen molar-refractivity contribution in [2.45, 2.75) is 6.42 Å². The van der Waals surface area contributed by atoms with E-state index >= 15 is 0 Å². The fraction of sp³-hybridized carbons (Fsp3) is 0.0833. The van der Waals surface area contributed by atoms with Crippen molar-refractivity contribution >= 4 is 38.9 Å². The molecule has 1 aromatic carbocycles. The minimum absolute atomic E-state index is 0.158. The lowest BCUT2D eigenvalue weighted by molar-refractivity contribution is -0.115. The fourth-order valence-corrected chi connectivity index (χ4v) is 2.38. The zero-order valence-electron chi connectivity index (χ0n) is 8.74. The summed E-state index contributed by atoms with van der Waals surface area (Å²) < 4.78 is 13.7. The van der Waals surface area contributed by atoms with Crippen LogP contribution in [0.15, 0.2) is 39.5 Å². The van der Waals surface area contributed by atoms with E-state index in [1.165, 1.54) is 12.1 Å². The maximum Gasteiger partial charge on any atom is 0.228 e. The predicted octanol–water partition coefficient (Wildman–Crippen LogP) is 3.83. The highest BCUT2D eigenvalue weighted by Crippen LogP contribution is 2.23. The molecule has 0 aliphatic heterocycles. The number of halogens is 2. The van der Waals surface area contributed by atoms with Crippen LogP contribution >= 0.6 is 27.3 Å². The van der Waals surface area contributed by atoms with Crippen molar-refractivity contribution in [3.8, 4) is 0 Å². The number of amides is 1. The van der Waals surface area contributed by atoms with Gasteiger partial charge < -0.3 is 5.32 Å². The Bertz CT molecular complexity index is 527. The van der Waals surface area contributed by atoms with Gasteiger partial charge in [0.2, 0.25) is 5.91 Å². The third-order valence-electron chi connectivity index (χ3n) is 2.15. The van der Waals surface area contributed by atoms with Crippen molar-refractivity contribution < 1.29 is 9.18 Å². The SMILES string of the molecule is O=C(Cc1ccsc1)Nc1cc(F)ccc1Br. The second kappa shape index (κ2) is 5.42. The van der Waals surface area contributed by atoms with Gasteiger partial charge in [-0.1, -0.05) is 0 Å². The molecule has 88 valence electrons. The summed E-state index contributed by atoms with van der Waals surface area (Å²) >= 11 is 4.80. The number of carbonyl (C=O) groups excluding carboxylic acids is 1. The summed E-state index contributed by atoms with van der Waals surface area (Å²) in [5, 5.41) is 6.50. The molecule has 0 unspecified atom stereocenters. The van der Waals surface area contributed by atoms with E-state index in [1.807, 2.05) is 16.8 Å². The summed E-state index contributed by atoms with van der Waals surface area (Å²) in [6.07, 6.45) is 0.298. The Morgan fingerprint density at radius 3 is 2.94 bits per heavy atom. The maximum absolute atomic E-state index is 13.0. The third kappa shape index (κ3) is 3.38. The zero-order chi connectivity index (χ0) is 12.3. The van der Waals surface area contributed by atoms with Gasteiger partial charge >= 0.3 is 0 Å². The molecule has 1 amide bonds. The summed E-state index contributed by atoms with van der Waals surface area (Å²) in [6, 6.07) is 6.08. The van der Waals surface area contributed by atoms with Gasteiger partial charge in [-0.3, -0.25) is 4.79 Å². The molecule has 0 atom stereocenters. The standard InChI is InChI=1S/C12H9BrFNOS/c13-10-2-1-9(14)6-11(10)15-12(16)5-8-3-4-17-7-8/h1-4,6-7H,5H2,(H,15,16). The van der Waals surface area contributed by atoms with E-state index in [0.29, 0.717) is 16.6 Å². The average Bonchev–Trinajstić information content (AvgIpc) is 2.76. The fourth-order valence-electron chi connectivity index (χ4n) is 1.37. The Balaban J connectivity index is 2.05. The van der Waals surface area contributed by atoms with Gasteiger partial charge in [0.15, 0.2) is 0 Å². The van der Waals surface area contributed by atoms with E-state index in [1.54, 1.807) is 17.4 Å². The molecule has 1 N–H and O–H groups in total. The van der Waals surface area contributed by atoms with Crippen molar-refractivity contribution in [2.24, 2.45) is 0 Å². The molecule has 0 aliphatic carbocycles. The van der Waals surface area contributed by atoms with Crippen LogP contribution < -0.4 is 5.32 Å². The van der Waals surface area contributed by atoms with Gasteiger partial charge in [-0.2, -0.15) is 11.3 Å². The summed E-state index contributed by atoms with van der Waals surface area (Å²) in [7, 11) is 0. The molecule has 2 aromatic rings. The van der Waals surface area contributed by atoms with Gasteiger partial charge in [0, 0.05) is 4.47 Å². The van der Waals surface area contributed by atoms with Crippen LogP contribution in [0, 0.1) is 5.82 Å². The summed E-state index contributed by atoms with van der Waals surface area (Å²) in [5.74, 6) is -0.534. The predicted molar refractivity (Wildman–Crippen MR) is 70.8 cm³/mol. The van der Waals surface area contributed by atoms with E-state index in [0.717, 1.165) is 5.56 Å². The molecule has 5 heteroatoms. The second-order valence-corrected chi connectivity index (χ2v) is 5.12. The number of carbonyl (C=O) groups is 1. The Hall–Kier alpha value is -1.20. The first-order valence-corrected chi connectivity index (χ1v) is 6.65. The zero-order valence-corrected chi connectivity index (χ0v) is 11.1. The minimum atomic E-state index is -0.376. The van der Waals surface area contributed by atoms with Gasteiger partial charge in [-0.25, -0.2) is 4.39 Å². The van der Waals surface area contributed by atoms with E-state index in [4.69, 9.17) is 0 Å². The Labute approximate surface area is 111 Å². The largest absolute Gasteiger partial charge is 0.325 e. The highest BCUT2D eigenvalue weighted by Gasteiger charge is 2.07. The van der Waals surface area contributed by atoms with Gasteiger partial charge in [0.25, 0.3) is 0 Å². The van der Waals surface area contributed by atoms with E-state index < -0.39 is 0 Å². The molecule has 0 saturated heterocycles. The quantitative estimate of drug-likeness (QED) is 0.916. The highest BCUT2D eigenvalue weighted by molar-refractivity contribution is 9.10. The van der Waals surface area contributed by atoms with Crippen LogP contribution in [-0.4, -0.2) is 5.91 Å². The first-order chi connectivity index (χ1) is 8.15. The first-order valence-electron chi connectivity index (χ1n) is 4.91. The molecule has 17 heavy (non-hydrogen) atoms. The molecule has 1 aromatic heterocycles. The Kier molecular flexibility index (Phi) is 3.91. The van der Waals surface area contributed by atoms with E-state index in [9.17, 15) is 9.18 Å². The van der Waals surface area contributed by atoms with Crippen molar-refractivity contribution in [3.63, 3.8) is 0 Å². The molecule has 0 radical (unpaired) electrons. The van der Waals surface area contributed by atoms with Gasteiger partial charge in [-0.15, -0.1) is 0 Å².